The molecule has 1 atom stereocenters. The Morgan fingerprint density at radius 1 is 0.577 bits per heavy atom. The standard InChI is InChI=1S/C47H43N3O2/c51-46(48-28-30-49(31-29-48)47(37-18-7-2-8-19-37)38-20-9-3-10-21-38)33-43(39-22-15-25-41(32-39)52-40-23-11-4-12-24-40)44-35-50(34-36-16-5-1-6-17-36)45-27-14-13-26-42(44)45/h1-27,32,35,43,47H,28-31,33-34H2. The molecule has 0 radical (unpaired) electrons. The Bertz CT molecular complexity index is 2170. The first-order valence-electron chi connectivity index (χ1n) is 18.3. The van der Waals surface area contributed by atoms with Crippen molar-refractivity contribution >= 4 is 16.8 Å². The van der Waals surface area contributed by atoms with E-state index >= 15 is 0 Å². The summed E-state index contributed by atoms with van der Waals surface area (Å²) in [6.07, 6.45) is 2.64. The lowest BCUT2D eigenvalue weighted by Gasteiger charge is -2.40. The highest BCUT2D eigenvalue weighted by atomic mass is 16.5. The van der Waals surface area contributed by atoms with E-state index in [0.29, 0.717) is 19.5 Å². The van der Waals surface area contributed by atoms with E-state index in [1.54, 1.807) is 0 Å². The number of piperazine rings is 1. The Balaban J connectivity index is 1.09. The second kappa shape index (κ2) is 15.5. The zero-order valence-corrected chi connectivity index (χ0v) is 29.3. The summed E-state index contributed by atoms with van der Waals surface area (Å²) >= 11 is 0. The predicted octanol–water partition coefficient (Wildman–Crippen LogP) is 9.94. The van der Waals surface area contributed by atoms with Crippen molar-refractivity contribution in [3.05, 3.63) is 204 Å². The van der Waals surface area contributed by atoms with E-state index < -0.39 is 0 Å². The van der Waals surface area contributed by atoms with Gasteiger partial charge >= 0.3 is 0 Å². The minimum Gasteiger partial charge on any atom is -0.457 e. The van der Waals surface area contributed by atoms with Crippen LogP contribution in [0.2, 0.25) is 0 Å². The number of nitrogens with zero attached hydrogens (tertiary/aromatic N) is 3. The van der Waals surface area contributed by atoms with Gasteiger partial charge in [0.15, 0.2) is 0 Å². The van der Waals surface area contributed by atoms with Gasteiger partial charge in [-0.25, -0.2) is 0 Å². The van der Waals surface area contributed by atoms with Gasteiger partial charge in [0.05, 0.1) is 6.04 Å². The van der Waals surface area contributed by atoms with Gasteiger partial charge in [0.2, 0.25) is 5.91 Å². The Kier molecular flexibility index (Phi) is 9.94. The molecule has 1 aromatic heterocycles. The van der Waals surface area contributed by atoms with Crippen LogP contribution in [-0.4, -0.2) is 46.5 Å². The lowest BCUT2D eigenvalue weighted by Crippen LogP contribution is -2.50. The lowest BCUT2D eigenvalue weighted by molar-refractivity contribution is -0.133. The maximum absolute atomic E-state index is 14.5. The van der Waals surface area contributed by atoms with Crippen LogP contribution in [0.5, 0.6) is 11.5 Å². The molecular formula is C47H43N3O2. The van der Waals surface area contributed by atoms with Gasteiger partial charge in [-0.2, -0.15) is 0 Å². The number of hydrogen-bond donors (Lipinski definition) is 0. The lowest BCUT2D eigenvalue weighted by atomic mass is 9.87. The van der Waals surface area contributed by atoms with Crippen molar-refractivity contribution in [1.82, 2.24) is 14.4 Å². The molecule has 0 spiro atoms. The van der Waals surface area contributed by atoms with Crippen LogP contribution in [0.15, 0.2) is 176 Å². The van der Waals surface area contributed by atoms with Gasteiger partial charge < -0.3 is 14.2 Å². The van der Waals surface area contributed by atoms with Crippen molar-refractivity contribution in [2.75, 3.05) is 26.2 Å². The van der Waals surface area contributed by atoms with E-state index in [-0.39, 0.29) is 17.9 Å². The van der Waals surface area contributed by atoms with Crippen LogP contribution in [0.4, 0.5) is 0 Å². The topological polar surface area (TPSA) is 37.7 Å². The average molecular weight is 682 g/mol. The van der Waals surface area contributed by atoms with E-state index in [1.807, 2.05) is 42.5 Å². The minimum absolute atomic E-state index is 0.149. The van der Waals surface area contributed by atoms with Crippen molar-refractivity contribution in [3.8, 4) is 11.5 Å². The zero-order chi connectivity index (χ0) is 35.1. The fraction of sp³-hybridized carbons (Fsp3) is 0.170. The third kappa shape index (κ3) is 7.41. The third-order valence-electron chi connectivity index (χ3n) is 10.3. The second-order valence-electron chi connectivity index (χ2n) is 13.6. The van der Waals surface area contributed by atoms with Crippen LogP contribution in [0, 0.1) is 0 Å². The monoisotopic (exact) mass is 681 g/mol. The number of benzene rings is 6. The number of para-hydroxylation sites is 2. The number of carbonyl (C=O) groups is 1. The smallest absolute Gasteiger partial charge is 0.223 e. The van der Waals surface area contributed by atoms with Crippen molar-refractivity contribution < 1.29 is 9.53 Å². The first kappa shape index (κ1) is 33.2. The molecule has 1 aliphatic heterocycles. The van der Waals surface area contributed by atoms with Gasteiger partial charge in [-0.05, 0) is 58.1 Å². The Labute approximate surface area is 306 Å². The first-order valence-corrected chi connectivity index (χ1v) is 18.3. The maximum atomic E-state index is 14.5. The largest absolute Gasteiger partial charge is 0.457 e. The number of ether oxygens (including phenoxy) is 1. The molecule has 2 heterocycles. The van der Waals surface area contributed by atoms with Gasteiger partial charge in [-0.1, -0.05) is 140 Å². The normalized spacial score (nSPS) is 14.1. The van der Waals surface area contributed by atoms with E-state index in [1.165, 1.54) is 22.1 Å². The van der Waals surface area contributed by atoms with Gasteiger partial charge in [0.25, 0.3) is 0 Å². The summed E-state index contributed by atoms with van der Waals surface area (Å²) in [6, 6.07) is 58.9. The summed E-state index contributed by atoms with van der Waals surface area (Å²) < 4.78 is 8.63. The van der Waals surface area contributed by atoms with E-state index in [0.717, 1.165) is 47.8 Å². The highest BCUT2D eigenvalue weighted by Gasteiger charge is 2.31. The SMILES string of the molecule is O=C(CC(c1cccc(Oc2ccccc2)c1)c1cn(Cc2ccccc2)c2ccccc12)N1CCN(C(c2ccccc2)c2ccccc2)CC1. The van der Waals surface area contributed by atoms with E-state index in [2.05, 4.69) is 148 Å². The molecule has 1 unspecified atom stereocenters. The summed E-state index contributed by atoms with van der Waals surface area (Å²) in [6.45, 7) is 3.75. The van der Waals surface area contributed by atoms with Crippen LogP contribution in [0.3, 0.4) is 0 Å². The fourth-order valence-electron chi connectivity index (χ4n) is 7.71. The summed E-state index contributed by atoms with van der Waals surface area (Å²) in [5.41, 5.74) is 7.18. The van der Waals surface area contributed by atoms with Crippen molar-refractivity contribution in [2.45, 2.75) is 24.9 Å². The van der Waals surface area contributed by atoms with Crippen molar-refractivity contribution in [1.29, 1.82) is 0 Å². The molecule has 5 nitrogen and oxygen atoms in total. The fourth-order valence-corrected chi connectivity index (χ4v) is 7.71. The average Bonchev–Trinajstić information content (AvgIpc) is 3.56. The molecule has 52 heavy (non-hydrogen) atoms. The molecule has 1 fully saturated rings. The van der Waals surface area contributed by atoms with Crippen LogP contribution in [0.1, 0.15) is 46.2 Å². The van der Waals surface area contributed by atoms with Crippen LogP contribution in [0.25, 0.3) is 10.9 Å². The van der Waals surface area contributed by atoms with Gasteiger partial charge in [-0.3, -0.25) is 9.69 Å². The Morgan fingerprint density at radius 3 is 1.81 bits per heavy atom. The molecule has 7 aromatic rings. The van der Waals surface area contributed by atoms with Gasteiger partial charge in [0, 0.05) is 62.2 Å². The summed E-state index contributed by atoms with van der Waals surface area (Å²) in [4.78, 5) is 19.0. The highest BCUT2D eigenvalue weighted by molar-refractivity contribution is 5.87. The number of rotatable bonds is 11. The molecule has 1 amide bonds. The third-order valence-corrected chi connectivity index (χ3v) is 10.3. The molecule has 0 aliphatic carbocycles. The molecule has 0 N–H and O–H groups in total. The van der Waals surface area contributed by atoms with Crippen LogP contribution in [-0.2, 0) is 11.3 Å². The molecule has 258 valence electrons. The van der Waals surface area contributed by atoms with Gasteiger partial charge in [0.1, 0.15) is 11.5 Å². The molecule has 1 aliphatic rings. The Morgan fingerprint density at radius 2 is 1.13 bits per heavy atom. The molecule has 8 rings (SSSR count). The predicted molar refractivity (Wildman–Crippen MR) is 210 cm³/mol. The molecule has 5 heteroatoms. The zero-order valence-electron chi connectivity index (χ0n) is 29.3. The molecule has 1 saturated heterocycles. The van der Waals surface area contributed by atoms with Gasteiger partial charge in [-0.15, -0.1) is 0 Å². The Hall–Kier alpha value is -5.91. The summed E-state index contributed by atoms with van der Waals surface area (Å²) in [5, 5.41) is 1.17. The highest BCUT2D eigenvalue weighted by Crippen LogP contribution is 2.38. The number of fused-ring (bicyclic) bond motifs is 1. The minimum atomic E-state index is -0.159. The maximum Gasteiger partial charge on any atom is 0.223 e. The summed E-state index contributed by atoms with van der Waals surface area (Å²) in [5.74, 6) is 1.56. The quantitative estimate of drug-likeness (QED) is 0.136. The van der Waals surface area contributed by atoms with E-state index in [4.69, 9.17) is 4.74 Å². The number of carbonyl (C=O) groups excluding carboxylic acids is 1. The molecular weight excluding hydrogens is 639 g/mol. The van der Waals surface area contributed by atoms with Crippen LogP contribution < -0.4 is 4.74 Å². The number of hydrogen-bond acceptors (Lipinski definition) is 3. The molecule has 0 bridgehead atoms. The summed E-state index contributed by atoms with van der Waals surface area (Å²) in [7, 11) is 0. The first-order chi connectivity index (χ1) is 25.7. The molecule has 0 saturated carbocycles. The molecule has 6 aromatic carbocycles. The van der Waals surface area contributed by atoms with E-state index in [9.17, 15) is 4.79 Å². The number of aromatic nitrogens is 1. The van der Waals surface area contributed by atoms with Crippen molar-refractivity contribution in [3.63, 3.8) is 0 Å². The second-order valence-corrected chi connectivity index (χ2v) is 13.6. The number of amides is 1. The van der Waals surface area contributed by atoms with Crippen LogP contribution >= 0.6 is 0 Å². The van der Waals surface area contributed by atoms with Crippen molar-refractivity contribution in [2.24, 2.45) is 0 Å².